The summed E-state index contributed by atoms with van der Waals surface area (Å²) in [6, 6.07) is 10.4. The first-order valence-electron chi connectivity index (χ1n) is 10.9. The van der Waals surface area contributed by atoms with Gasteiger partial charge >= 0.3 is 0 Å². The Kier molecular flexibility index (Phi) is 4.48. The van der Waals surface area contributed by atoms with Gasteiger partial charge in [-0.3, -0.25) is 0 Å². The zero-order valence-corrected chi connectivity index (χ0v) is 18.0. The number of rotatable bonds is 2. The fraction of sp³-hybridized carbons (Fsp3) is 0.292. The molecule has 1 saturated heterocycles. The van der Waals surface area contributed by atoms with Crippen LogP contribution >= 0.6 is 0 Å². The molecule has 5 heterocycles. The third-order valence-corrected chi connectivity index (χ3v) is 6.56. The van der Waals surface area contributed by atoms with Gasteiger partial charge in [0.25, 0.3) is 11.9 Å². The monoisotopic (exact) mass is 467 g/mol. The number of alkyl halides is 2. The molecule has 2 N–H and O–H groups in total. The van der Waals surface area contributed by atoms with E-state index in [4.69, 9.17) is 15.2 Å². The number of hydrogen-bond donors (Lipinski definition) is 1. The molecule has 174 valence electrons. The van der Waals surface area contributed by atoms with E-state index in [2.05, 4.69) is 15.0 Å². The van der Waals surface area contributed by atoms with E-state index in [-0.39, 0.29) is 38.6 Å². The first-order valence-corrected chi connectivity index (χ1v) is 10.9. The Morgan fingerprint density at radius 3 is 2.53 bits per heavy atom. The zero-order valence-electron chi connectivity index (χ0n) is 18.0. The number of nitrogens with zero attached hydrogens (tertiary/aromatic N) is 4. The summed E-state index contributed by atoms with van der Waals surface area (Å²) in [5.41, 5.74) is 7.16. The summed E-state index contributed by atoms with van der Waals surface area (Å²) in [7, 11) is 0. The molecular weight excluding hydrogens is 447 g/mol. The van der Waals surface area contributed by atoms with E-state index >= 15 is 0 Å². The second-order valence-corrected chi connectivity index (χ2v) is 8.64. The predicted octanol–water partition coefficient (Wildman–Crippen LogP) is 4.21. The molecule has 2 aromatic heterocycles. The van der Waals surface area contributed by atoms with Crippen LogP contribution in [-0.2, 0) is 10.3 Å². The van der Waals surface area contributed by atoms with Gasteiger partial charge in [0.1, 0.15) is 18.2 Å². The largest absolute Gasteiger partial charge is 0.462 e. The molecule has 0 saturated carbocycles. The summed E-state index contributed by atoms with van der Waals surface area (Å²) in [5, 5.41) is 0. The Bertz CT molecular complexity index is 1320. The van der Waals surface area contributed by atoms with Crippen LogP contribution in [0.5, 0.6) is 11.5 Å². The van der Waals surface area contributed by atoms with Crippen LogP contribution in [-0.4, -0.2) is 41.6 Å². The first-order chi connectivity index (χ1) is 16.3. The van der Waals surface area contributed by atoms with Crippen molar-refractivity contribution in [2.45, 2.75) is 24.3 Å². The van der Waals surface area contributed by atoms with Gasteiger partial charge in [0.05, 0.1) is 6.20 Å². The van der Waals surface area contributed by atoms with Crippen molar-refractivity contribution in [1.82, 2.24) is 9.97 Å². The first kappa shape index (κ1) is 20.8. The van der Waals surface area contributed by atoms with Crippen LogP contribution in [0.15, 0.2) is 53.8 Å². The summed E-state index contributed by atoms with van der Waals surface area (Å²) in [6.07, 6.45) is 2.49. The van der Waals surface area contributed by atoms with Crippen molar-refractivity contribution in [2.24, 2.45) is 10.7 Å². The molecule has 0 bridgehead atoms. The molecule has 7 nitrogen and oxygen atoms in total. The summed E-state index contributed by atoms with van der Waals surface area (Å²) in [5.74, 6) is -1.71. The molecule has 1 spiro atoms. The van der Waals surface area contributed by atoms with E-state index in [1.54, 1.807) is 42.6 Å². The lowest BCUT2D eigenvalue weighted by molar-refractivity contribution is -0.0221. The molecule has 0 unspecified atom stereocenters. The van der Waals surface area contributed by atoms with Crippen molar-refractivity contribution in [1.29, 1.82) is 0 Å². The van der Waals surface area contributed by atoms with E-state index in [0.29, 0.717) is 39.6 Å². The highest BCUT2D eigenvalue weighted by Gasteiger charge is 2.48. The molecule has 0 radical (unpaired) electrons. The molecule has 10 heteroatoms. The summed E-state index contributed by atoms with van der Waals surface area (Å²) in [4.78, 5) is 14.7. The third kappa shape index (κ3) is 3.24. The van der Waals surface area contributed by atoms with Crippen LogP contribution in [0.2, 0.25) is 0 Å². The predicted molar refractivity (Wildman–Crippen MR) is 119 cm³/mol. The topological polar surface area (TPSA) is 85.9 Å². The molecule has 1 aromatic carbocycles. The molecule has 3 aliphatic heterocycles. The van der Waals surface area contributed by atoms with Gasteiger partial charge in [0, 0.05) is 48.8 Å². The van der Waals surface area contributed by atoms with Gasteiger partial charge in [-0.25, -0.2) is 23.7 Å². The van der Waals surface area contributed by atoms with Crippen molar-refractivity contribution in [3.05, 3.63) is 65.9 Å². The fourth-order valence-electron chi connectivity index (χ4n) is 4.75. The number of pyridine rings is 2. The number of benzene rings is 1. The number of halogens is 3. The van der Waals surface area contributed by atoms with E-state index in [1.165, 1.54) is 6.20 Å². The van der Waals surface area contributed by atoms with E-state index in [0.717, 1.165) is 0 Å². The van der Waals surface area contributed by atoms with Crippen molar-refractivity contribution in [3.8, 4) is 22.6 Å². The van der Waals surface area contributed by atoms with Gasteiger partial charge < -0.3 is 20.1 Å². The van der Waals surface area contributed by atoms with Gasteiger partial charge in [-0.1, -0.05) is 6.07 Å². The maximum Gasteiger partial charge on any atom is 0.283 e. The van der Waals surface area contributed by atoms with E-state index in [9.17, 15) is 13.2 Å². The van der Waals surface area contributed by atoms with Crippen molar-refractivity contribution in [2.75, 3.05) is 24.6 Å². The number of nitrogens with two attached hydrogens (primary N) is 1. The Labute approximate surface area is 193 Å². The summed E-state index contributed by atoms with van der Waals surface area (Å²) < 4.78 is 53.5. The SMILES string of the molecule is NC1=N[C@@]2(CO1)c1cc(-c3cccnc3F)ccc1Oc1cnc(N3CCC(F)(F)CC3)cc12. The van der Waals surface area contributed by atoms with Gasteiger partial charge in [-0.05, 0) is 35.9 Å². The van der Waals surface area contributed by atoms with Gasteiger partial charge in [0.2, 0.25) is 5.95 Å². The Morgan fingerprint density at radius 2 is 1.79 bits per heavy atom. The normalized spacial score (nSPS) is 22.4. The van der Waals surface area contributed by atoms with E-state index in [1.807, 2.05) is 4.90 Å². The molecular formula is C24H20F3N5O2. The number of ether oxygens (including phenoxy) is 2. The number of aromatic nitrogens is 2. The number of anilines is 1. The Morgan fingerprint density at radius 1 is 1.00 bits per heavy atom. The quantitative estimate of drug-likeness (QED) is 0.569. The Hall–Kier alpha value is -3.82. The molecule has 0 amide bonds. The van der Waals surface area contributed by atoms with Gasteiger partial charge in [-0.2, -0.15) is 4.39 Å². The maximum absolute atomic E-state index is 14.4. The highest BCUT2D eigenvalue weighted by molar-refractivity contribution is 5.78. The van der Waals surface area contributed by atoms with Gasteiger partial charge in [-0.15, -0.1) is 0 Å². The summed E-state index contributed by atoms with van der Waals surface area (Å²) >= 11 is 0. The van der Waals surface area contributed by atoms with Crippen LogP contribution in [0.1, 0.15) is 24.0 Å². The summed E-state index contributed by atoms with van der Waals surface area (Å²) in [6.45, 7) is 0.494. The van der Waals surface area contributed by atoms with Crippen molar-refractivity contribution in [3.63, 3.8) is 0 Å². The minimum Gasteiger partial charge on any atom is -0.462 e. The second-order valence-electron chi connectivity index (χ2n) is 8.64. The number of aliphatic imine (C=N–C) groups is 1. The molecule has 1 atom stereocenters. The van der Waals surface area contributed by atoms with Gasteiger partial charge in [0.15, 0.2) is 11.3 Å². The highest BCUT2D eigenvalue weighted by Crippen LogP contribution is 2.52. The molecule has 3 aliphatic rings. The third-order valence-electron chi connectivity index (χ3n) is 6.56. The lowest BCUT2D eigenvalue weighted by Gasteiger charge is -2.36. The maximum atomic E-state index is 14.4. The van der Waals surface area contributed by atoms with Crippen molar-refractivity contribution < 1.29 is 22.6 Å². The lowest BCUT2D eigenvalue weighted by atomic mass is 9.80. The number of amidine groups is 1. The smallest absolute Gasteiger partial charge is 0.283 e. The molecule has 1 fully saturated rings. The number of hydrogen-bond acceptors (Lipinski definition) is 7. The molecule has 3 aromatic rings. The highest BCUT2D eigenvalue weighted by atomic mass is 19.3. The molecule has 6 rings (SSSR count). The standard InChI is InChI=1S/C24H20F3N5O2/c25-21-15(2-1-7-29-21)14-3-4-18-16(10-14)24(13-33-22(28)31-24)17-11-20(30-12-19(17)34-18)32-8-5-23(26,27)6-9-32/h1-4,7,10-12H,5-6,8-9,13H2,(H2,28,31)/t24-/m0/s1. The number of fused-ring (bicyclic) bond motifs is 4. The minimum atomic E-state index is -2.66. The number of piperidine rings is 1. The average molecular weight is 467 g/mol. The van der Waals surface area contributed by atoms with Crippen LogP contribution in [0.4, 0.5) is 19.0 Å². The van der Waals surface area contributed by atoms with Crippen molar-refractivity contribution >= 4 is 11.8 Å². The lowest BCUT2D eigenvalue weighted by Crippen LogP contribution is -2.40. The minimum absolute atomic E-state index is 0.0211. The molecule has 0 aliphatic carbocycles. The molecule has 34 heavy (non-hydrogen) atoms. The average Bonchev–Trinajstić information content (AvgIpc) is 3.22. The van der Waals surface area contributed by atoms with Crippen LogP contribution in [0.3, 0.4) is 0 Å². The van der Waals surface area contributed by atoms with Crippen LogP contribution < -0.4 is 15.4 Å². The second kappa shape index (κ2) is 7.34. The fourth-order valence-corrected chi connectivity index (χ4v) is 4.75. The van der Waals surface area contributed by atoms with E-state index < -0.39 is 17.4 Å². The van der Waals surface area contributed by atoms with Crippen LogP contribution in [0.25, 0.3) is 11.1 Å². The zero-order chi connectivity index (χ0) is 23.5. The van der Waals surface area contributed by atoms with Crippen LogP contribution in [0, 0.1) is 5.95 Å². The Balaban J connectivity index is 1.47.